The first kappa shape index (κ1) is 25.3. The Hall–Kier alpha value is -3.97. The maximum absolute atomic E-state index is 10.9. The van der Waals surface area contributed by atoms with Gasteiger partial charge in [-0.25, -0.2) is 0 Å². The molecule has 0 aliphatic carbocycles. The Morgan fingerprint density at radius 3 is 2.61 bits per heavy atom. The van der Waals surface area contributed by atoms with Gasteiger partial charge in [-0.15, -0.1) is 0 Å². The third kappa shape index (κ3) is 8.59. The molecule has 1 aromatic carbocycles. The molecular weight excluding hydrogens is 414 g/mol. The molecule has 2 rings (SSSR count). The third-order valence-electron chi connectivity index (χ3n) is 4.88. The fourth-order valence-corrected chi connectivity index (χ4v) is 3.13. The molecule has 0 radical (unpaired) electrons. The monoisotopic (exact) mass is 443 g/mol. The fraction of sp³-hybridized carbons (Fsp3) is 0.346. The van der Waals surface area contributed by atoms with Gasteiger partial charge in [0, 0.05) is 36.6 Å². The molecule has 0 bridgehead atoms. The molecule has 1 heterocycles. The fourth-order valence-electron chi connectivity index (χ4n) is 3.13. The number of rotatable bonds is 11. The Labute approximate surface area is 195 Å². The lowest BCUT2D eigenvalue weighted by atomic mass is 9.97. The summed E-state index contributed by atoms with van der Waals surface area (Å²) in [7, 11) is 0. The van der Waals surface area contributed by atoms with Crippen LogP contribution in [0.5, 0.6) is 0 Å². The van der Waals surface area contributed by atoms with Crippen molar-refractivity contribution in [1.82, 2.24) is 4.98 Å². The summed E-state index contributed by atoms with van der Waals surface area (Å²) in [5, 5.41) is 30.8. The molecule has 33 heavy (non-hydrogen) atoms. The average molecular weight is 444 g/mol. The molecule has 0 amide bonds. The first-order valence-corrected chi connectivity index (χ1v) is 11.0. The van der Waals surface area contributed by atoms with Gasteiger partial charge in [0.05, 0.1) is 12.1 Å². The molecule has 0 fully saturated rings. The van der Waals surface area contributed by atoms with E-state index < -0.39 is 11.9 Å². The molecule has 0 atom stereocenters. The highest BCUT2D eigenvalue weighted by molar-refractivity contribution is 6.00. The highest BCUT2D eigenvalue weighted by atomic mass is 16.4. The molecule has 0 saturated heterocycles. The van der Waals surface area contributed by atoms with Crippen LogP contribution < -0.4 is 5.32 Å². The van der Waals surface area contributed by atoms with Gasteiger partial charge in [-0.3, -0.25) is 14.8 Å². The number of anilines is 1. The standard InChI is InChI=1S/C26H29N5O2/c1-19(2)12-14-30-26(22(16-27)17-28)31-23-9-5-7-20(15-23)24(10-3-4-11-25(32)33)21-8-6-13-29-18-21/h5-10,13,15,18-19,22H,3-4,11-12,14H2,1-2H3,(H,30,31)(H,32,33)/b24-10+. The van der Waals surface area contributed by atoms with Gasteiger partial charge < -0.3 is 10.4 Å². The predicted molar refractivity (Wildman–Crippen MR) is 129 cm³/mol. The molecule has 0 spiro atoms. The predicted octanol–water partition coefficient (Wildman–Crippen LogP) is 5.29. The van der Waals surface area contributed by atoms with Crippen LogP contribution in [0, 0.1) is 34.5 Å². The Kier molecular flexibility index (Phi) is 10.3. The highest BCUT2D eigenvalue weighted by Gasteiger charge is 2.16. The number of nitrogens with zero attached hydrogens (tertiary/aromatic N) is 4. The topological polar surface area (TPSA) is 122 Å². The maximum atomic E-state index is 10.9. The van der Waals surface area contributed by atoms with Gasteiger partial charge in [0.25, 0.3) is 0 Å². The molecule has 2 N–H and O–H groups in total. The molecule has 0 unspecified atom stereocenters. The average Bonchev–Trinajstić information content (AvgIpc) is 2.80. The first-order valence-electron chi connectivity index (χ1n) is 11.0. The summed E-state index contributed by atoms with van der Waals surface area (Å²) in [4.78, 5) is 19.6. The van der Waals surface area contributed by atoms with Crippen LogP contribution in [-0.2, 0) is 4.79 Å². The van der Waals surface area contributed by atoms with Gasteiger partial charge in [0.1, 0.15) is 5.84 Å². The summed E-state index contributed by atoms with van der Waals surface area (Å²) >= 11 is 0. The Bertz CT molecular complexity index is 1050. The second-order valence-corrected chi connectivity index (χ2v) is 7.99. The van der Waals surface area contributed by atoms with Crippen molar-refractivity contribution in [1.29, 1.82) is 10.5 Å². The van der Waals surface area contributed by atoms with Crippen LogP contribution in [0.4, 0.5) is 5.69 Å². The number of benzene rings is 1. The molecule has 7 nitrogen and oxygen atoms in total. The van der Waals surface area contributed by atoms with Gasteiger partial charge in [-0.1, -0.05) is 38.1 Å². The van der Waals surface area contributed by atoms with Crippen molar-refractivity contribution in [3.8, 4) is 12.1 Å². The van der Waals surface area contributed by atoms with Crippen LogP contribution in [0.3, 0.4) is 0 Å². The van der Waals surface area contributed by atoms with Crippen LogP contribution in [0.15, 0.2) is 59.9 Å². The number of aliphatic carboxylic acids is 1. The molecule has 0 saturated carbocycles. The number of amidine groups is 1. The number of hydrogen-bond acceptors (Lipinski definition) is 5. The lowest BCUT2D eigenvalue weighted by molar-refractivity contribution is -0.137. The molecule has 0 aliphatic heterocycles. The largest absolute Gasteiger partial charge is 0.481 e. The third-order valence-corrected chi connectivity index (χ3v) is 4.88. The molecule has 170 valence electrons. The number of aliphatic imine (C=N–C) groups is 1. The quantitative estimate of drug-likeness (QED) is 0.276. The van der Waals surface area contributed by atoms with E-state index in [9.17, 15) is 15.3 Å². The molecule has 1 aromatic heterocycles. The number of aromatic nitrogens is 1. The summed E-state index contributed by atoms with van der Waals surface area (Å²) in [6.45, 7) is 4.73. The summed E-state index contributed by atoms with van der Waals surface area (Å²) in [5.74, 6) is -0.989. The maximum Gasteiger partial charge on any atom is 0.303 e. The van der Waals surface area contributed by atoms with Crippen LogP contribution >= 0.6 is 0 Å². The Morgan fingerprint density at radius 2 is 1.97 bits per heavy atom. The van der Waals surface area contributed by atoms with Crippen LogP contribution in [0.1, 0.15) is 50.7 Å². The van der Waals surface area contributed by atoms with Crippen molar-refractivity contribution >= 4 is 23.1 Å². The minimum absolute atomic E-state index is 0.109. The summed E-state index contributed by atoms with van der Waals surface area (Å²) in [6, 6.07) is 15.4. The first-order chi connectivity index (χ1) is 15.9. The Morgan fingerprint density at radius 1 is 1.21 bits per heavy atom. The minimum atomic E-state index is -0.981. The van der Waals surface area contributed by atoms with Crippen LogP contribution in [-0.4, -0.2) is 28.4 Å². The number of nitriles is 2. The van der Waals surface area contributed by atoms with Gasteiger partial charge >= 0.3 is 5.97 Å². The Balaban J connectivity index is 2.34. The van der Waals surface area contributed by atoms with Crippen molar-refractivity contribution in [3.05, 3.63) is 66.0 Å². The van der Waals surface area contributed by atoms with E-state index >= 15 is 0 Å². The van der Waals surface area contributed by atoms with E-state index in [0.29, 0.717) is 36.8 Å². The minimum Gasteiger partial charge on any atom is -0.481 e. The van der Waals surface area contributed by atoms with Crippen LogP contribution in [0.2, 0.25) is 0 Å². The number of carboxylic acid groups (broad SMARTS) is 1. The lowest BCUT2D eigenvalue weighted by Gasteiger charge is -2.14. The SMILES string of the molecule is CC(C)CCN=C(Nc1cccc(/C(=C\CCCC(=O)O)c2cccnc2)c1)C(C#N)C#N. The van der Waals surface area contributed by atoms with E-state index in [1.807, 2.05) is 54.6 Å². The highest BCUT2D eigenvalue weighted by Crippen LogP contribution is 2.26. The van der Waals surface area contributed by atoms with E-state index in [4.69, 9.17) is 5.11 Å². The smallest absolute Gasteiger partial charge is 0.303 e. The van der Waals surface area contributed by atoms with Crippen molar-refractivity contribution in [2.45, 2.75) is 39.5 Å². The lowest BCUT2D eigenvalue weighted by Crippen LogP contribution is -2.21. The van der Waals surface area contributed by atoms with Crippen molar-refractivity contribution in [3.63, 3.8) is 0 Å². The van der Waals surface area contributed by atoms with Crippen LogP contribution in [0.25, 0.3) is 5.57 Å². The van der Waals surface area contributed by atoms with Gasteiger partial charge in [0.15, 0.2) is 5.92 Å². The number of nitrogens with one attached hydrogen (secondary N) is 1. The van der Waals surface area contributed by atoms with Crippen molar-refractivity contribution in [2.24, 2.45) is 16.8 Å². The van der Waals surface area contributed by atoms with E-state index in [1.54, 1.807) is 12.4 Å². The van der Waals surface area contributed by atoms with Crippen molar-refractivity contribution < 1.29 is 9.90 Å². The molecule has 2 aromatic rings. The van der Waals surface area contributed by atoms with Gasteiger partial charge in [-0.2, -0.15) is 10.5 Å². The number of allylic oxidation sites excluding steroid dienone is 1. The van der Waals surface area contributed by atoms with E-state index in [0.717, 1.165) is 23.1 Å². The zero-order valence-electron chi connectivity index (χ0n) is 19.0. The number of pyridine rings is 1. The second-order valence-electron chi connectivity index (χ2n) is 7.99. The summed E-state index contributed by atoms with van der Waals surface area (Å²) in [5.41, 5.74) is 3.48. The molecule has 7 heteroatoms. The van der Waals surface area contributed by atoms with Gasteiger partial charge in [0.2, 0.25) is 0 Å². The number of unbranched alkanes of at least 4 members (excludes halogenated alkanes) is 1. The second kappa shape index (κ2) is 13.4. The number of carbonyl (C=O) groups is 1. The van der Waals surface area contributed by atoms with Crippen molar-refractivity contribution in [2.75, 3.05) is 11.9 Å². The zero-order chi connectivity index (χ0) is 24.1. The zero-order valence-corrected chi connectivity index (χ0v) is 19.0. The van der Waals surface area contributed by atoms with Gasteiger partial charge in [-0.05, 0) is 54.5 Å². The van der Waals surface area contributed by atoms with E-state index in [1.165, 1.54) is 0 Å². The normalized spacial score (nSPS) is 11.8. The summed E-state index contributed by atoms with van der Waals surface area (Å²) < 4.78 is 0. The molecule has 0 aliphatic rings. The molecular formula is C26H29N5O2. The summed E-state index contributed by atoms with van der Waals surface area (Å²) in [6.07, 6.45) is 7.61. The van der Waals surface area contributed by atoms with E-state index in [-0.39, 0.29) is 6.42 Å². The number of carboxylic acids is 1. The number of hydrogen-bond donors (Lipinski definition) is 2. The van der Waals surface area contributed by atoms with E-state index in [2.05, 4.69) is 29.1 Å².